The number of thiophene rings is 1. The van der Waals surface area contributed by atoms with Crippen LogP contribution in [0.3, 0.4) is 0 Å². The highest BCUT2D eigenvalue weighted by Crippen LogP contribution is 2.40. The van der Waals surface area contributed by atoms with Gasteiger partial charge in [0.1, 0.15) is 6.54 Å². The van der Waals surface area contributed by atoms with Crippen LogP contribution in [0.2, 0.25) is 0 Å². The Bertz CT molecular complexity index is 911. The van der Waals surface area contributed by atoms with Crippen molar-refractivity contribution < 1.29 is 9.21 Å². The van der Waals surface area contributed by atoms with Crippen molar-refractivity contribution in [2.75, 3.05) is 0 Å². The van der Waals surface area contributed by atoms with Crippen LogP contribution < -0.4 is 11.1 Å². The first-order valence-corrected chi connectivity index (χ1v) is 9.05. The summed E-state index contributed by atoms with van der Waals surface area (Å²) in [6, 6.07) is 13.6. The molecule has 4 rings (SSSR count). The summed E-state index contributed by atoms with van der Waals surface area (Å²) in [5, 5.41) is 9.03. The van der Waals surface area contributed by atoms with E-state index in [1.54, 1.807) is 0 Å². The third-order valence-corrected chi connectivity index (χ3v) is 5.06. The van der Waals surface area contributed by atoms with Crippen molar-refractivity contribution in [1.29, 1.82) is 0 Å². The highest BCUT2D eigenvalue weighted by molar-refractivity contribution is 7.13. The number of carbonyl (C=O) groups is 1. The summed E-state index contributed by atoms with van der Waals surface area (Å²) in [4.78, 5) is 25.1. The van der Waals surface area contributed by atoms with Gasteiger partial charge in [-0.1, -0.05) is 36.4 Å². The summed E-state index contributed by atoms with van der Waals surface area (Å²) in [5.74, 6) is -0.160. The van der Waals surface area contributed by atoms with E-state index >= 15 is 0 Å². The molecule has 1 aromatic carbocycles. The molecule has 1 N–H and O–H groups in total. The zero-order chi connectivity index (χ0) is 17.2. The van der Waals surface area contributed by atoms with E-state index in [-0.39, 0.29) is 24.4 Å². The lowest BCUT2D eigenvalue weighted by molar-refractivity contribution is -0.122. The maximum atomic E-state index is 12.4. The Morgan fingerprint density at radius 2 is 2.08 bits per heavy atom. The largest absolute Gasteiger partial charge is 0.437 e. The molecule has 1 aliphatic rings. The molecule has 1 fully saturated rings. The van der Waals surface area contributed by atoms with Gasteiger partial charge in [0.25, 0.3) is 5.89 Å². The first kappa shape index (κ1) is 15.8. The smallest absolute Gasteiger partial charge is 0.387 e. The van der Waals surface area contributed by atoms with Crippen molar-refractivity contribution in [2.24, 2.45) is 5.92 Å². The normalized spacial score (nSPS) is 15.0. The standard InChI is InChI=1S/C18H17N3O3S/c22-15(19-16(13-8-9-13)12-5-2-1-3-6-12)11-21-18(23)24-17(20-21)14-7-4-10-25-14/h1-7,10,13,16H,8-9,11H2,(H,19,22). The highest BCUT2D eigenvalue weighted by Gasteiger charge is 2.33. The molecule has 3 aromatic rings. The van der Waals surface area contributed by atoms with Crippen LogP contribution in [0.4, 0.5) is 0 Å². The van der Waals surface area contributed by atoms with Crippen LogP contribution in [0.15, 0.2) is 57.1 Å². The van der Waals surface area contributed by atoms with E-state index in [0.29, 0.717) is 5.92 Å². The Kier molecular flexibility index (Phi) is 4.23. The minimum atomic E-state index is -0.624. The highest BCUT2D eigenvalue weighted by atomic mass is 32.1. The molecule has 128 valence electrons. The monoisotopic (exact) mass is 355 g/mol. The van der Waals surface area contributed by atoms with Gasteiger partial charge in [0.2, 0.25) is 5.91 Å². The molecule has 0 spiro atoms. The van der Waals surface area contributed by atoms with E-state index in [1.807, 2.05) is 47.8 Å². The van der Waals surface area contributed by atoms with Gasteiger partial charge < -0.3 is 9.73 Å². The van der Waals surface area contributed by atoms with Crippen LogP contribution in [0.25, 0.3) is 10.8 Å². The van der Waals surface area contributed by atoms with Gasteiger partial charge >= 0.3 is 5.76 Å². The Hall–Kier alpha value is -2.67. The Morgan fingerprint density at radius 3 is 2.76 bits per heavy atom. The van der Waals surface area contributed by atoms with Crippen LogP contribution in [0.1, 0.15) is 24.4 Å². The van der Waals surface area contributed by atoms with Gasteiger partial charge in [0.05, 0.1) is 10.9 Å². The number of aromatic nitrogens is 2. The Labute approximate surface area is 148 Å². The van der Waals surface area contributed by atoms with Crippen LogP contribution in [0, 0.1) is 5.92 Å². The zero-order valence-corrected chi connectivity index (χ0v) is 14.2. The number of nitrogens with one attached hydrogen (secondary N) is 1. The molecular weight excluding hydrogens is 338 g/mol. The number of amides is 1. The average Bonchev–Trinajstić information content (AvgIpc) is 3.18. The molecule has 1 atom stereocenters. The van der Waals surface area contributed by atoms with Crippen molar-refractivity contribution >= 4 is 17.2 Å². The van der Waals surface area contributed by atoms with E-state index < -0.39 is 5.76 Å². The van der Waals surface area contributed by atoms with Crippen molar-refractivity contribution in [1.82, 2.24) is 15.1 Å². The lowest BCUT2D eigenvalue weighted by atomic mass is 10.0. The van der Waals surface area contributed by atoms with Crippen molar-refractivity contribution in [3.05, 3.63) is 64.0 Å². The molecule has 7 heteroatoms. The van der Waals surface area contributed by atoms with E-state index in [0.717, 1.165) is 28.0 Å². The molecule has 1 unspecified atom stereocenters. The SMILES string of the molecule is O=C(Cn1nc(-c2cccs2)oc1=O)NC(c1ccccc1)C1CC1. The molecule has 0 saturated heterocycles. The summed E-state index contributed by atoms with van der Waals surface area (Å²) >= 11 is 1.43. The number of rotatable bonds is 6. The van der Waals surface area contributed by atoms with E-state index in [9.17, 15) is 9.59 Å². The third kappa shape index (κ3) is 3.56. The first-order chi connectivity index (χ1) is 12.2. The fraction of sp³-hybridized carbons (Fsp3) is 0.278. The number of hydrogen-bond acceptors (Lipinski definition) is 5. The summed E-state index contributed by atoms with van der Waals surface area (Å²) in [6.07, 6.45) is 2.21. The second-order valence-electron chi connectivity index (χ2n) is 6.10. The molecule has 1 saturated carbocycles. The van der Waals surface area contributed by atoms with Gasteiger partial charge in [0.15, 0.2) is 0 Å². The van der Waals surface area contributed by atoms with Crippen LogP contribution in [-0.4, -0.2) is 15.7 Å². The lowest BCUT2D eigenvalue weighted by Crippen LogP contribution is -2.35. The molecule has 0 bridgehead atoms. The number of hydrogen-bond donors (Lipinski definition) is 1. The minimum absolute atomic E-state index is 0.0203. The number of carbonyl (C=O) groups excluding carboxylic acids is 1. The van der Waals surface area contributed by atoms with Crippen molar-refractivity contribution in [2.45, 2.75) is 25.4 Å². The molecular formula is C18H17N3O3S. The van der Waals surface area contributed by atoms with E-state index in [2.05, 4.69) is 10.4 Å². The molecule has 1 amide bonds. The van der Waals surface area contributed by atoms with Crippen LogP contribution in [-0.2, 0) is 11.3 Å². The van der Waals surface area contributed by atoms with Gasteiger partial charge in [-0.3, -0.25) is 4.79 Å². The second-order valence-corrected chi connectivity index (χ2v) is 7.05. The number of benzene rings is 1. The van der Waals surface area contributed by atoms with E-state index in [4.69, 9.17) is 4.42 Å². The minimum Gasteiger partial charge on any atom is -0.387 e. The molecule has 2 heterocycles. The average molecular weight is 355 g/mol. The maximum absolute atomic E-state index is 12.4. The Balaban J connectivity index is 1.48. The van der Waals surface area contributed by atoms with Crippen molar-refractivity contribution in [3.63, 3.8) is 0 Å². The number of nitrogens with zero attached hydrogens (tertiary/aromatic N) is 2. The maximum Gasteiger partial charge on any atom is 0.437 e. The lowest BCUT2D eigenvalue weighted by Gasteiger charge is -2.18. The van der Waals surface area contributed by atoms with Crippen LogP contribution in [0.5, 0.6) is 0 Å². The molecule has 25 heavy (non-hydrogen) atoms. The predicted octanol–water partition coefficient (Wildman–Crippen LogP) is 2.83. The topological polar surface area (TPSA) is 77.1 Å². The van der Waals surface area contributed by atoms with Gasteiger partial charge in [-0.15, -0.1) is 16.4 Å². The predicted molar refractivity (Wildman–Crippen MR) is 94.1 cm³/mol. The molecule has 2 aromatic heterocycles. The molecule has 1 aliphatic carbocycles. The Morgan fingerprint density at radius 1 is 1.28 bits per heavy atom. The summed E-state index contributed by atoms with van der Waals surface area (Å²) in [7, 11) is 0. The fourth-order valence-corrected chi connectivity index (χ4v) is 3.47. The van der Waals surface area contributed by atoms with Gasteiger partial charge in [-0.25, -0.2) is 4.79 Å². The first-order valence-electron chi connectivity index (χ1n) is 8.17. The second kappa shape index (κ2) is 6.68. The zero-order valence-electron chi connectivity index (χ0n) is 13.4. The third-order valence-electron chi connectivity index (χ3n) is 4.20. The quantitative estimate of drug-likeness (QED) is 0.738. The van der Waals surface area contributed by atoms with E-state index in [1.165, 1.54) is 11.3 Å². The van der Waals surface area contributed by atoms with Crippen molar-refractivity contribution in [3.8, 4) is 10.8 Å². The molecule has 0 aliphatic heterocycles. The van der Waals surface area contributed by atoms with Gasteiger partial charge in [-0.2, -0.15) is 4.68 Å². The summed E-state index contributed by atoms with van der Waals surface area (Å²) in [5.41, 5.74) is 1.09. The molecule has 0 radical (unpaired) electrons. The summed E-state index contributed by atoms with van der Waals surface area (Å²) < 4.78 is 6.20. The molecule has 6 nitrogen and oxygen atoms in total. The summed E-state index contributed by atoms with van der Waals surface area (Å²) in [6.45, 7) is -0.149. The van der Waals surface area contributed by atoms with Gasteiger partial charge in [0, 0.05) is 0 Å². The van der Waals surface area contributed by atoms with Crippen LogP contribution >= 0.6 is 11.3 Å². The fourth-order valence-electron chi connectivity index (χ4n) is 2.82. The van der Waals surface area contributed by atoms with Gasteiger partial charge in [-0.05, 0) is 35.8 Å².